The van der Waals surface area contributed by atoms with Crippen LogP contribution < -0.4 is 15.5 Å². The van der Waals surface area contributed by atoms with Crippen LogP contribution in [0.25, 0.3) is 0 Å². The molecule has 1 saturated heterocycles. The molecule has 1 fully saturated rings. The van der Waals surface area contributed by atoms with Crippen LogP contribution in [-0.4, -0.2) is 25.5 Å². The second-order valence-corrected chi connectivity index (χ2v) is 8.26. The van der Waals surface area contributed by atoms with Crippen molar-refractivity contribution in [3.8, 4) is 0 Å². The van der Waals surface area contributed by atoms with Crippen LogP contribution in [0.5, 0.6) is 0 Å². The molecule has 3 rings (SSSR count). The zero-order chi connectivity index (χ0) is 19.3. The maximum atomic E-state index is 12.3. The molecule has 0 bridgehead atoms. The molecule has 1 heterocycles. The average Bonchev–Trinajstić information content (AvgIpc) is 3.16. The predicted octanol–water partition coefficient (Wildman–Crippen LogP) is 5.03. The number of hydrogen-bond acceptors (Lipinski definition) is 3. The van der Waals surface area contributed by atoms with Crippen molar-refractivity contribution < 1.29 is 4.79 Å². The topological polar surface area (TPSA) is 44.4 Å². The summed E-state index contributed by atoms with van der Waals surface area (Å²) in [5.41, 5.74) is 4.54. The highest BCUT2D eigenvalue weighted by Crippen LogP contribution is 2.29. The number of nitrogens with zero attached hydrogens (tertiary/aromatic N) is 1. The van der Waals surface area contributed by atoms with Crippen LogP contribution >= 0.6 is 0 Å². The third-order valence-corrected chi connectivity index (χ3v) is 5.02. The molecule has 0 aliphatic carbocycles. The van der Waals surface area contributed by atoms with E-state index >= 15 is 0 Å². The molecule has 1 amide bonds. The minimum atomic E-state index is 0.0321. The Kier molecular flexibility index (Phi) is 6.04. The normalized spacial score (nSPS) is 14.3. The lowest BCUT2D eigenvalue weighted by atomic mass is 9.86. The molecular formula is C23H31N3O. The molecule has 0 unspecified atom stereocenters. The molecule has 2 aromatic rings. The largest absolute Gasteiger partial charge is 0.384 e. The summed E-state index contributed by atoms with van der Waals surface area (Å²) in [6, 6.07) is 16.5. The van der Waals surface area contributed by atoms with Crippen LogP contribution in [0, 0.1) is 0 Å². The van der Waals surface area contributed by atoms with E-state index in [2.05, 4.69) is 66.6 Å². The number of amides is 1. The first-order chi connectivity index (χ1) is 12.9. The zero-order valence-electron chi connectivity index (χ0n) is 16.7. The van der Waals surface area contributed by atoms with E-state index in [0.29, 0.717) is 13.0 Å². The summed E-state index contributed by atoms with van der Waals surface area (Å²) in [5.74, 6) is 0.0321. The van der Waals surface area contributed by atoms with Crippen molar-refractivity contribution in [3.05, 3.63) is 54.1 Å². The minimum Gasteiger partial charge on any atom is -0.384 e. The molecular weight excluding hydrogens is 334 g/mol. The zero-order valence-corrected chi connectivity index (χ0v) is 16.7. The summed E-state index contributed by atoms with van der Waals surface area (Å²) in [6.45, 7) is 9.48. The SMILES string of the molecule is CC(C)(C)c1ccccc1NCCC(=O)Nc1ccc(N2CCCC2)cc1. The van der Waals surface area contributed by atoms with Crippen LogP contribution in [0.1, 0.15) is 45.6 Å². The van der Waals surface area contributed by atoms with E-state index < -0.39 is 0 Å². The van der Waals surface area contributed by atoms with E-state index in [1.165, 1.54) is 24.1 Å². The monoisotopic (exact) mass is 365 g/mol. The molecule has 4 heteroatoms. The predicted molar refractivity (Wildman–Crippen MR) is 115 cm³/mol. The lowest BCUT2D eigenvalue weighted by molar-refractivity contribution is -0.115. The number of hydrogen-bond donors (Lipinski definition) is 2. The highest BCUT2D eigenvalue weighted by Gasteiger charge is 2.17. The Balaban J connectivity index is 1.49. The number of carbonyl (C=O) groups is 1. The summed E-state index contributed by atoms with van der Waals surface area (Å²) in [6.07, 6.45) is 2.97. The number of anilines is 3. The maximum absolute atomic E-state index is 12.3. The second-order valence-electron chi connectivity index (χ2n) is 8.26. The van der Waals surface area contributed by atoms with Gasteiger partial charge in [-0.05, 0) is 54.2 Å². The van der Waals surface area contributed by atoms with Crippen molar-refractivity contribution in [1.82, 2.24) is 0 Å². The second kappa shape index (κ2) is 8.47. The van der Waals surface area contributed by atoms with Crippen LogP contribution in [0.2, 0.25) is 0 Å². The standard InChI is InChI=1S/C23H31N3O/c1-23(2,3)20-8-4-5-9-21(20)24-15-14-22(27)25-18-10-12-19(13-11-18)26-16-6-7-17-26/h4-5,8-13,24H,6-7,14-17H2,1-3H3,(H,25,27). The van der Waals surface area contributed by atoms with E-state index in [0.717, 1.165) is 24.5 Å². The molecule has 144 valence electrons. The van der Waals surface area contributed by atoms with Gasteiger partial charge in [0.15, 0.2) is 0 Å². The van der Waals surface area contributed by atoms with Gasteiger partial charge in [0.1, 0.15) is 0 Å². The van der Waals surface area contributed by atoms with E-state index in [9.17, 15) is 4.79 Å². The first-order valence-electron chi connectivity index (χ1n) is 9.92. The van der Waals surface area contributed by atoms with Gasteiger partial charge in [0, 0.05) is 43.1 Å². The lowest BCUT2D eigenvalue weighted by Gasteiger charge is -2.23. The molecule has 0 spiro atoms. The van der Waals surface area contributed by atoms with E-state index in [1.54, 1.807) is 0 Å². The number of benzene rings is 2. The molecule has 0 aromatic heterocycles. The van der Waals surface area contributed by atoms with E-state index in [-0.39, 0.29) is 11.3 Å². The van der Waals surface area contributed by atoms with Gasteiger partial charge in [-0.15, -0.1) is 0 Å². The molecule has 2 N–H and O–H groups in total. The summed E-state index contributed by atoms with van der Waals surface area (Å²) >= 11 is 0. The molecule has 4 nitrogen and oxygen atoms in total. The molecule has 1 aliphatic rings. The van der Waals surface area contributed by atoms with Gasteiger partial charge in [-0.2, -0.15) is 0 Å². The Bertz CT molecular complexity index is 756. The van der Waals surface area contributed by atoms with E-state index in [4.69, 9.17) is 0 Å². The third kappa shape index (κ3) is 5.25. The minimum absolute atomic E-state index is 0.0321. The van der Waals surface area contributed by atoms with E-state index in [1.807, 2.05) is 18.2 Å². The summed E-state index contributed by atoms with van der Waals surface area (Å²) < 4.78 is 0. The summed E-state index contributed by atoms with van der Waals surface area (Å²) in [5, 5.41) is 6.41. The Morgan fingerprint density at radius 3 is 2.33 bits per heavy atom. The van der Waals surface area contributed by atoms with Gasteiger partial charge in [-0.3, -0.25) is 4.79 Å². The van der Waals surface area contributed by atoms with Crippen LogP contribution in [0.15, 0.2) is 48.5 Å². The van der Waals surface area contributed by atoms with Crippen molar-refractivity contribution in [1.29, 1.82) is 0 Å². The highest BCUT2D eigenvalue weighted by atomic mass is 16.1. The Hall–Kier alpha value is -2.49. The summed E-state index contributed by atoms with van der Waals surface area (Å²) in [4.78, 5) is 14.7. The lowest BCUT2D eigenvalue weighted by Crippen LogP contribution is -2.19. The third-order valence-electron chi connectivity index (χ3n) is 5.02. The number of nitrogens with one attached hydrogen (secondary N) is 2. The van der Waals surface area contributed by atoms with Crippen molar-refractivity contribution in [2.75, 3.05) is 35.2 Å². The van der Waals surface area contributed by atoms with Crippen molar-refractivity contribution in [3.63, 3.8) is 0 Å². The quantitative estimate of drug-likeness (QED) is 0.755. The van der Waals surface area contributed by atoms with Gasteiger partial charge < -0.3 is 15.5 Å². The fraction of sp³-hybridized carbons (Fsp3) is 0.435. The molecule has 0 atom stereocenters. The molecule has 2 aromatic carbocycles. The average molecular weight is 366 g/mol. The fourth-order valence-corrected chi connectivity index (χ4v) is 3.56. The smallest absolute Gasteiger partial charge is 0.226 e. The summed E-state index contributed by atoms with van der Waals surface area (Å²) in [7, 11) is 0. The van der Waals surface area contributed by atoms with Gasteiger partial charge in [0.25, 0.3) is 0 Å². The Labute approximate surface area is 163 Å². The number of carbonyl (C=O) groups excluding carboxylic acids is 1. The molecule has 1 aliphatic heterocycles. The molecule has 27 heavy (non-hydrogen) atoms. The van der Waals surface area contributed by atoms with Crippen molar-refractivity contribution in [2.45, 2.75) is 45.4 Å². The maximum Gasteiger partial charge on any atom is 0.226 e. The first-order valence-corrected chi connectivity index (χ1v) is 9.92. The van der Waals surface area contributed by atoms with Gasteiger partial charge >= 0.3 is 0 Å². The van der Waals surface area contributed by atoms with Gasteiger partial charge in [-0.1, -0.05) is 39.0 Å². The Morgan fingerprint density at radius 2 is 1.67 bits per heavy atom. The van der Waals surface area contributed by atoms with Gasteiger partial charge in [-0.25, -0.2) is 0 Å². The van der Waals surface area contributed by atoms with Crippen LogP contribution in [-0.2, 0) is 10.2 Å². The molecule has 0 saturated carbocycles. The first kappa shape index (κ1) is 19.3. The van der Waals surface area contributed by atoms with Gasteiger partial charge in [0.2, 0.25) is 5.91 Å². The van der Waals surface area contributed by atoms with Crippen molar-refractivity contribution >= 4 is 23.0 Å². The van der Waals surface area contributed by atoms with Crippen LogP contribution in [0.3, 0.4) is 0 Å². The highest BCUT2D eigenvalue weighted by molar-refractivity contribution is 5.91. The Morgan fingerprint density at radius 1 is 1.00 bits per heavy atom. The fourth-order valence-electron chi connectivity index (χ4n) is 3.56. The number of rotatable bonds is 6. The van der Waals surface area contributed by atoms with Gasteiger partial charge in [0.05, 0.1) is 0 Å². The van der Waals surface area contributed by atoms with Crippen LogP contribution in [0.4, 0.5) is 17.1 Å². The number of para-hydroxylation sites is 1. The molecule has 0 radical (unpaired) electrons. The van der Waals surface area contributed by atoms with Crippen molar-refractivity contribution in [2.24, 2.45) is 0 Å².